The molecule has 0 aliphatic rings. The molecule has 0 bridgehead atoms. The molecule has 0 spiro atoms. The van der Waals surface area contributed by atoms with Crippen LogP contribution in [0, 0.1) is 0 Å². The van der Waals surface area contributed by atoms with Gasteiger partial charge in [0.25, 0.3) is 0 Å². The van der Waals surface area contributed by atoms with Gasteiger partial charge >= 0.3 is 17.9 Å². The predicted octanol–water partition coefficient (Wildman–Crippen LogP) is -0.145. The van der Waals surface area contributed by atoms with Crippen molar-refractivity contribution in [3.05, 3.63) is 12.2 Å². The fraction of sp³-hybridized carbons (Fsp3) is 0.615. The van der Waals surface area contributed by atoms with Gasteiger partial charge in [0, 0.05) is 19.8 Å². The van der Waals surface area contributed by atoms with Gasteiger partial charge in [-0.15, -0.1) is 0 Å². The van der Waals surface area contributed by atoms with Crippen molar-refractivity contribution in [2.24, 2.45) is 0 Å². The third kappa shape index (κ3) is 10.5. The van der Waals surface area contributed by atoms with E-state index in [2.05, 4.69) is 20.8 Å². The van der Waals surface area contributed by atoms with Gasteiger partial charge in [-0.25, -0.2) is 9.59 Å². The maximum Gasteiger partial charge on any atom is 0.344 e. The quantitative estimate of drug-likeness (QED) is 0.225. The van der Waals surface area contributed by atoms with Crippen molar-refractivity contribution in [2.75, 3.05) is 47.3 Å². The monoisotopic (exact) mass is 304 g/mol. The Labute approximate surface area is 122 Å². The van der Waals surface area contributed by atoms with Crippen molar-refractivity contribution >= 4 is 17.9 Å². The molecule has 0 saturated carbocycles. The molecule has 0 amide bonds. The number of carbonyl (C=O) groups is 3. The molecule has 0 N–H and O–H groups in total. The Kier molecular flexibility index (Phi) is 10.8. The molecular weight excluding hydrogens is 284 g/mol. The lowest BCUT2D eigenvalue weighted by Gasteiger charge is -2.07. The minimum Gasteiger partial charge on any atom is -0.463 e. The maximum absolute atomic E-state index is 11.5. The van der Waals surface area contributed by atoms with Crippen molar-refractivity contribution in [2.45, 2.75) is 6.42 Å². The molecule has 0 atom stereocenters. The number of hydrogen-bond donors (Lipinski definition) is 0. The standard InChI is InChI=1S/C13H20O8/c1-10(8-11(14)19-6-4-17-2)13(16)21-9-12(15)20-7-5-18-3/h1,4-9H2,2-3H3. The molecule has 8 nitrogen and oxygen atoms in total. The van der Waals surface area contributed by atoms with Crippen LogP contribution in [0.1, 0.15) is 6.42 Å². The second-order valence-corrected chi connectivity index (χ2v) is 3.78. The van der Waals surface area contributed by atoms with Crippen molar-refractivity contribution in [3.8, 4) is 0 Å². The van der Waals surface area contributed by atoms with E-state index in [0.29, 0.717) is 0 Å². The molecule has 0 aromatic heterocycles. The van der Waals surface area contributed by atoms with Crippen LogP contribution < -0.4 is 0 Å². The second kappa shape index (κ2) is 11.9. The van der Waals surface area contributed by atoms with Crippen molar-refractivity contribution in [1.29, 1.82) is 0 Å². The zero-order valence-corrected chi connectivity index (χ0v) is 12.2. The van der Waals surface area contributed by atoms with Gasteiger partial charge in [0.1, 0.15) is 13.2 Å². The summed E-state index contributed by atoms with van der Waals surface area (Å²) in [6.07, 6.45) is -0.318. The van der Waals surface area contributed by atoms with Crippen molar-refractivity contribution in [1.82, 2.24) is 0 Å². The highest BCUT2D eigenvalue weighted by Gasteiger charge is 2.16. The van der Waals surface area contributed by atoms with Gasteiger partial charge in [0.05, 0.1) is 19.6 Å². The van der Waals surface area contributed by atoms with Crippen molar-refractivity contribution in [3.63, 3.8) is 0 Å². The first-order valence-electron chi connectivity index (χ1n) is 6.15. The van der Waals surface area contributed by atoms with Crippen LogP contribution in [0.4, 0.5) is 0 Å². The fourth-order valence-electron chi connectivity index (χ4n) is 1.04. The van der Waals surface area contributed by atoms with E-state index in [9.17, 15) is 14.4 Å². The van der Waals surface area contributed by atoms with Crippen molar-refractivity contribution < 1.29 is 38.1 Å². The average molecular weight is 304 g/mol. The van der Waals surface area contributed by atoms with Gasteiger partial charge in [-0.05, 0) is 0 Å². The molecule has 0 radical (unpaired) electrons. The van der Waals surface area contributed by atoms with Crippen LogP contribution in [-0.2, 0) is 38.1 Å². The molecule has 0 aromatic carbocycles. The molecular formula is C13H20O8. The summed E-state index contributed by atoms with van der Waals surface area (Å²) >= 11 is 0. The number of carbonyl (C=O) groups excluding carboxylic acids is 3. The highest BCUT2D eigenvalue weighted by Crippen LogP contribution is 2.03. The van der Waals surface area contributed by atoms with Gasteiger partial charge in [0.15, 0.2) is 6.61 Å². The van der Waals surface area contributed by atoms with Crippen LogP contribution in [0.2, 0.25) is 0 Å². The zero-order valence-electron chi connectivity index (χ0n) is 12.2. The van der Waals surface area contributed by atoms with E-state index in [1.807, 2.05) is 0 Å². The summed E-state index contributed by atoms with van der Waals surface area (Å²) in [4.78, 5) is 33.9. The Morgan fingerprint density at radius 3 is 1.86 bits per heavy atom. The molecule has 0 heterocycles. The fourth-order valence-corrected chi connectivity index (χ4v) is 1.04. The zero-order chi connectivity index (χ0) is 16.1. The summed E-state index contributed by atoms with van der Waals surface area (Å²) in [7, 11) is 2.93. The highest BCUT2D eigenvalue weighted by molar-refractivity contribution is 5.94. The summed E-state index contributed by atoms with van der Waals surface area (Å²) in [5.41, 5.74) is -0.109. The van der Waals surface area contributed by atoms with E-state index in [-0.39, 0.29) is 38.4 Å². The molecule has 21 heavy (non-hydrogen) atoms. The molecule has 0 aliphatic carbocycles. The van der Waals surface area contributed by atoms with Crippen LogP contribution in [0.15, 0.2) is 12.2 Å². The molecule has 0 aromatic rings. The number of rotatable bonds is 11. The summed E-state index contributed by atoms with van der Waals surface area (Å²) in [6, 6.07) is 0. The average Bonchev–Trinajstić information content (AvgIpc) is 2.45. The normalized spacial score (nSPS) is 9.81. The van der Waals surface area contributed by atoms with Gasteiger partial charge in [-0.2, -0.15) is 0 Å². The smallest absolute Gasteiger partial charge is 0.344 e. The molecule has 0 aliphatic heterocycles. The minimum atomic E-state index is -0.859. The molecule has 0 unspecified atom stereocenters. The lowest BCUT2D eigenvalue weighted by Crippen LogP contribution is -2.20. The van der Waals surface area contributed by atoms with E-state index in [1.165, 1.54) is 14.2 Å². The van der Waals surface area contributed by atoms with Gasteiger partial charge in [0.2, 0.25) is 0 Å². The Bertz CT molecular complexity index is 363. The summed E-state index contributed by atoms with van der Waals surface area (Å²) < 4.78 is 23.5. The van der Waals surface area contributed by atoms with Crippen LogP contribution in [0.3, 0.4) is 0 Å². The Morgan fingerprint density at radius 1 is 0.810 bits per heavy atom. The molecule has 0 saturated heterocycles. The Hall–Kier alpha value is -1.93. The summed E-state index contributed by atoms with van der Waals surface area (Å²) in [5.74, 6) is -2.20. The second-order valence-electron chi connectivity index (χ2n) is 3.78. The number of esters is 3. The maximum atomic E-state index is 11.5. The number of ether oxygens (including phenoxy) is 5. The van der Waals surface area contributed by atoms with Crippen LogP contribution in [0.5, 0.6) is 0 Å². The van der Waals surface area contributed by atoms with Crippen LogP contribution in [0.25, 0.3) is 0 Å². The molecule has 120 valence electrons. The van der Waals surface area contributed by atoms with Gasteiger partial charge in [-0.1, -0.05) is 6.58 Å². The lowest BCUT2D eigenvalue weighted by atomic mass is 10.2. The topological polar surface area (TPSA) is 97.4 Å². The predicted molar refractivity (Wildman–Crippen MR) is 70.4 cm³/mol. The van der Waals surface area contributed by atoms with Gasteiger partial charge < -0.3 is 23.7 Å². The molecule has 0 rings (SSSR count). The third-order valence-electron chi connectivity index (χ3n) is 2.07. The van der Waals surface area contributed by atoms with E-state index < -0.39 is 24.5 Å². The third-order valence-corrected chi connectivity index (χ3v) is 2.07. The molecule has 0 fully saturated rings. The first-order chi connectivity index (χ1) is 10.0. The largest absolute Gasteiger partial charge is 0.463 e. The van der Waals surface area contributed by atoms with E-state index in [0.717, 1.165) is 0 Å². The number of hydrogen-bond acceptors (Lipinski definition) is 8. The highest BCUT2D eigenvalue weighted by atomic mass is 16.6. The van der Waals surface area contributed by atoms with Gasteiger partial charge in [-0.3, -0.25) is 4.79 Å². The Balaban J connectivity index is 3.86. The first-order valence-corrected chi connectivity index (χ1v) is 6.15. The SMILES string of the molecule is C=C(CC(=O)OCCOC)C(=O)OCC(=O)OCCOC. The van der Waals surface area contributed by atoms with E-state index in [4.69, 9.17) is 9.47 Å². The minimum absolute atomic E-state index is 0.0691. The summed E-state index contributed by atoms with van der Waals surface area (Å²) in [5, 5.41) is 0. The van der Waals surface area contributed by atoms with E-state index in [1.54, 1.807) is 0 Å². The van der Waals surface area contributed by atoms with E-state index >= 15 is 0 Å². The van der Waals surface area contributed by atoms with Crippen LogP contribution >= 0.6 is 0 Å². The Morgan fingerprint density at radius 2 is 1.33 bits per heavy atom. The molecule has 8 heteroatoms. The lowest BCUT2D eigenvalue weighted by molar-refractivity contribution is -0.157. The summed E-state index contributed by atoms with van der Waals surface area (Å²) in [6.45, 7) is 3.51. The number of methoxy groups -OCH3 is 2. The van der Waals surface area contributed by atoms with Crippen LogP contribution in [-0.4, -0.2) is 65.2 Å². The first kappa shape index (κ1) is 19.1.